The van der Waals surface area contributed by atoms with Crippen LogP contribution in [-0.2, 0) is 4.74 Å². The molecule has 0 spiro atoms. The van der Waals surface area contributed by atoms with E-state index in [1.54, 1.807) is 31.2 Å². The summed E-state index contributed by atoms with van der Waals surface area (Å²) in [6.45, 7) is 2.02. The second-order valence-electron chi connectivity index (χ2n) is 4.73. The standard InChI is InChI=1S/C16H12N2O5/c1-2-22-16(19)11-5-3-4-10(8-11)15-17-13-7-6-12(18(20)21)9-14(13)23-15/h3-9H,2H2,1H3. The fraction of sp³-hybridized carbons (Fsp3) is 0.125. The summed E-state index contributed by atoms with van der Waals surface area (Å²) in [5, 5.41) is 10.8. The molecule has 2 aromatic carbocycles. The SMILES string of the molecule is CCOC(=O)c1cccc(-c2nc3ccc([N+](=O)[O-])cc3o2)c1. The zero-order valence-electron chi connectivity index (χ0n) is 12.2. The molecular formula is C16H12N2O5. The van der Waals surface area contributed by atoms with E-state index in [1.807, 2.05) is 0 Å². The second-order valence-corrected chi connectivity index (χ2v) is 4.73. The van der Waals surface area contributed by atoms with E-state index in [9.17, 15) is 14.9 Å². The summed E-state index contributed by atoms with van der Waals surface area (Å²) in [6, 6.07) is 10.9. The molecule has 0 radical (unpaired) electrons. The lowest BCUT2D eigenvalue weighted by Crippen LogP contribution is -2.04. The van der Waals surface area contributed by atoms with E-state index in [0.717, 1.165) is 0 Å². The number of nitro benzene ring substituents is 1. The molecule has 3 rings (SSSR count). The molecule has 3 aromatic rings. The van der Waals surface area contributed by atoms with Crippen molar-refractivity contribution in [3.63, 3.8) is 0 Å². The highest BCUT2D eigenvalue weighted by Gasteiger charge is 2.14. The van der Waals surface area contributed by atoms with Gasteiger partial charge in [0, 0.05) is 11.6 Å². The number of nitro groups is 1. The van der Waals surface area contributed by atoms with E-state index in [4.69, 9.17) is 9.15 Å². The zero-order chi connectivity index (χ0) is 16.4. The Bertz CT molecular complexity index is 900. The molecule has 0 amide bonds. The van der Waals surface area contributed by atoms with Crippen molar-refractivity contribution in [2.45, 2.75) is 6.92 Å². The fourth-order valence-corrected chi connectivity index (χ4v) is 2.14. The van der Waals surface area contributed by atoms with Gasteiger partial charge in [0.2, 0.25) is 5.89 Å². The zero-order valence-corrected chi connectivity index (χ0v) is 12.2. The Balaban J connectivity index is 2.01. The summed E-state index contributed by atoms with van der Waals surface area (Å²) < 4.78 is 10.5. The lowest BCUT2D eigenvalue weighted by molar-refractivity contribution is -0.384. The van der Waals surface area contributed by atoms with Crippen molar-refractivity contribution in [3.05, 3.63) is 58.1 Å². The molecule has 7 heteroatoms. The van der Waals surface area contributed by atoms with Crippen LogP contribution in [0.1, 0.15) is 17.3 Å². The molecule has 0 bridgehead atoms. The Morgan fingerprint density at radius 3 is 2.87 bits per heavy atom. The van der Waals surface area contributed by atoms with Gasteiger partial charge in [-0.2, -0.15) is 0 Å². The number of carbonyl (C=O) groups is 1. The molecule has 1 aromatic heterocycles. The minimum Gasteiger partial charge on any atom is -0.462 e. The summed E-state index contributed by atoms with van der Waals surface area (Å²) in [4.78, 5) is 26.4. The number of ether oxygens (including phenoxy) is 1. The molecule has 0 aliphatic heterocycles. The van der Waals surface area contributed by atoms with Gasteiger partial charge >= 0.3 is 5.97 Å². The first kappa shape index (κ1) is 14.7. The molecule has 0 aliphatic rings. The molecular weight excluding hydrogens is 300 g/mol. The van der Waals surface area contributed by atoms with Crippen LogP contribution >= 0.6 is 0 Å². The summed E-state index contributed by atoms with van der Waals surface area (Å²) in [7, 11) is 0. The summed E-state index contributed by atoms with van der Waals surface area (Å²) in [5.74, 6) is -0.146. The Labute approximate surface area is 130 Å². The Morgan fingerprint density at radius 1 is 1.30 bits per heavy atom. The van der Waals surface area contributed by atoms with Crippen LogP contribution in [-0.4, -0.2) is 22.5 Å². The van der Waals surface area contributed by atoms with Crippen LogP contribution < -0.4 is 0 Å². The maximum absolute atomic E-state index is 11.8. The molecule has 23 heavy (non-hydrogen) atoms. The predicted molar refractivity (Wildman–Crippen MR) is 82.1 cm³/mol. The van der Waals surface area contributed by atoms with Gasteiger partial charge in [-0.05, 0) is 31.2 Å². The topological polar surface area (TPSA) is 95.5 Å². The second kappa shape index (κ2) is 5.88. The van der Waals surface area contributed by atoms with Gasteiger partial charge in [0.15, 0.2) is 5.58 Å². The van der Waals surface area contributed by atoms with Crippen molar-refractivity contribution < 1.29 is 18.9 Å². The van der Waals surface area contributed by atoms with Crippen molar-refractivity contribution in [2.24, 2.45) is 0 Å². The monoisotopic (exact) mass is 312 g/mol. The Hall–Kier alpha value is -3.22. The van der Waals surface area contributed by atoms with Crippen LogP contribution in [0.25, 0.3) is 22.6 Å². The number of non-ortho nitro benzene ring substituents is 1. The number of carbonyl (C=O) groups excluding carboxylic acids is 1. The predicted octanol–water partition coefficient (Wildman–Crippen LogP) is 3.58. The third kappa shape index (κ3) is 2.89. The molecule has 0 atom stereocenters. The molecule has 116 valence electrons. The molecule has 7 nitrogen and oxygen atoms in total. The first-order valence-corrected chi connectivity index (χ1v) is 6.91. The summed E-state index contributed by atoms with van der Waals surface area (Å²) >= 11 is 0. The van der Waals surface area contributed by atoms with E-state index in [2.05, 4.69) is 4.98 Å². The Morgan fingerprint density at radius 2 is 2.13 bits per heavy atom. The highest BCUT2D eigenvalue weighted by Crippen LogP contribution is 2.27. The highest BCUT2D eigenvalue weighted by atomic mass is 16.6. The number of oxazole rings is 1. The number of benzene rings is 2. The van der Waals surface area contributed by atoms with Gasteiger partial charge in [0.1, 0.15) is 5.52 Å². The lowest BCUT2D eigenvalue weighted by atomic mass is 10.1. The van der Waals surface area contributed by atoms with Gasteiger partial charge in [-0.15, -0.1) is 0 Å². The van der Waals surface area contributed by atoms with Crippen LogP contribution in [0.15, 0.2) is 46.9 Å². The average molecular weight is 312 g/mol. The molecule has 0 aliphatic carbocycles. The minimum atomic E-state index is -0.497. The van der Waals surface area contributed by atoms with E-state index in [0.29, 0.717) is 22.2 Å². The maximum atomic E-state index is 11.8. The number of rotatable bonds is 4. The minimum absolute atomic E-state index is 0.0690. The van der Waals surface area contributed by atoms with E-state index in [-0.39, 0.29) is 18.2 Å². The van der Waals surface area contributed by atoms with Crippen molar-refractivity contribution in [1.29, 1.82) is 0 Å². The third-order valence-corrected chi connectivity index (χ3v) is 3.20. The van der Waals surface area contributed by atoms with Crippen LogP contribution in [0.4, 0.5) is 5.69 Å². The van der Waals surface area contributed by atoms with E-state index >= 15 is 0 Å². The lowest BCUT2D eigenvalue weighted by Gasteiger charge is -2.02. The van der Waals surface area contributed by atoms with Gasteiger partial charge in [-0.25, -0.2) is 9.78 Å². The largest absolute Gasteiger partial charge is 0.462 e. The number of fused-ring (bicyclic) bond motifs is 1. The van der Waals surface area contributed by atoms with Crippen molar-refractivity contribution in [1.82, 2.24) is 4.98 Å². The van der Waals surface area contributed by atoms with E-state index < -0.39 is 10.9 Å². The van der Waals surface area contributed by atoms with Gasteiger partial charge < -0.3 is 9.15 Å². The van der Waals surface area contributed by atoms with Crippen LogP contribution in [0.3, 0.4) is 0 Å². The van der Waals surface area contributed by atoms with Crippen molar-refractivity contribution >= 4 is 22.8 Å². The molecule has 0 saturated carbocycles. The van der Waals surface area contributed by atoms with Crippen molar-refractivity contribution in [2.75, 3.05) is 6.61 Å². The summed E-state index contributed by atoms with van der Waals surface area (Å²) in [5.41, 5.74) is 1.73. The van der Waals surface area contributed by atoms with Gasteiger partial charge in [0.05, 0.1) is 23.2 Å². The molecule has 0 unspecified atom stereocenters. The fourth-order valence-electron chi connectivity index (χ4n) is 2.14. The average Bonchev–Trinajstić information content (AvgIpc) is 2.98. The number of esters is 1. The quantitative estimate of drug-likeness (QED) is 0.415. The third-order valence-electron chi connectivity index (χ3n) is 3.20. The van der Waals surface area contributed by atoms with Crippen molar-refractivity contribution in [3.8, 4) is 11.5 Å². The first-order valence-electron chi connectivity index (χ1n) is 6.91. The first-order chi connectivity index (χ1) is 11.1. The number of aromatic nitrogens is 1. The number of nitrogens with zero attached hydrogens (tertiary/aromatic N) is 2. The molecule has 0 N–H and O–H groups in total. The number of hydrogen-bond acceptors (Lipinski definition) is 6. The van der Waals surface area contributed by atoms with E-state index in [1.165, 1.54) is 18.2 Å². The Kier molecular flexibility index (Phi) is 3.76. The van der Waals surface area contributed by atoms with Crippen LogP contribution in [0.2, 0.25) is 0 Å². The molecule has 0 fully saturated rings. The van der Waals surface area contributed by atoms with Crippen LogP contribution in [0, 0.1) is 10.1 Å². The normalized spacial score (nSPS) is 10.7. The smallest absolute Gasteiger partial charge is 0.338 e. The number of hydrogen-bond donors (Lipinski definition) is 0. The maximum Gasteiger partial charge on any atom is 0.338 e. The molecule has 1 heterocycles. The van der Waals surface area contributed by atoms with Gasteiger partial charge in [-0.3, -0.25) is 10.1 Å². The van der Waals surface area contributed by atoms with Crippen LogP contribution in [0.5, 0.6) is 0 Å². The van der Waals surface area contributed by atoms with Gasteiger partial charge in [0.25, 0.3) is 5.69 Å². The highest BCUT2D eigenvalue weighted by molar-refractivity contribution is 5.91. The van der Waals surface area contributed by atoms with Gasteiger partial charge in [-0.1, -0.05) is 6.07 Å². The summed E-state index contributed by atoms with van der Waals surface area (Å²) in [6.07, 6.45) is 0. The molecule has 0 saturated heterocycles.